The summed E-state index contributed by atoms with van der Waals surface area (Å²) in [4.78, 5) is 30.3. The number of thioether (sulfide) groups is 1. The van der Waals surface area contributed by atoms with Gasteiger partial charge in [-0.1, -0.05) is 11.6 Å². The maximum atomic E-state index is 13.0. The number of carbonyl (C=O) groups excluding carboxylic acids is 2. The average molecular weight is 514 g/mol. The van der Waals surface area contributed by atoms with Crippen LogP contribution in [0.15, 0.2) is 36.5 Å². The van der Waals surface area contributed by atoms with E-state index in [-0.39, 0.29) is 43.2 Å². The van der Waals surface area contributed by atoms with E-state index in [1.807, 2.05) is 24.8 Å². The van der Waals surface area contributed by atoms with Gasteiger partial charge in [-0.05, 0) is 81.2 Å². The van der Waals surface area contributed by atoms with Crippen LogP contribution in [0.5, 0.6) is 11.6 Å². The molecule has 1 aromatic carbocycles. The van der Waals surface area contributed by atoms with E-state index in [4.69, 9.17) is 14.6 Å². The highest BCUT2D eigenvalue weighted by Gasteiger charge is 2.27. The number of aromatic nitrogens is 1. The molecule has 2 amide bonds. The lowest BCUT2D eigenvalue weighted by Crippen LogP contribution is -2.44. The van der Waals surface area contributed by atoms with Crippen molar-refractivity contribution in [1.29, 1.82) is 0 Å². The zero-order chi connectivity index (χ0) is 25.3. The minimum atomic E-state index is -0.183. The fraction of sp³-hybridized carbons (Fsp3) is 0.519. The van der Waals surface area contributed by atoms with Crippen LogP contribution in [-0.4, -0.2) is 64.8 Å². The Labute approximate surface area is 216 Å². The lowest BCUT2D eigenvalue weighted by molar-refractivity contribution is 0.0883. The second-order valence-electron chi connectivity index (χ2n) is 9.35. The van der Waals surface area contributed by atoms with E-state index < -0.39 is 0 Å². The van der Waals surface area contributed by atoms with Crippen molar-refractivity contribution in [3.8, 4) is 11.6 Å². The standard InChI is InChI=1S/C27H35N3O5S/c1-18-4-9-24(34-14-13-31)23(17-18)26(33)30-20-7-5-19(6-8-20)29-25(32)22-3-2-12-28-27(22)35-21-10-15-36-16-11-21/h2-4,9,12,17,19-21,31H,5-8,10-11,13-16H2,1H3,(H,29,32)(H,30,33). The molecule has 0 bridgehead atoms. The third-order valence-electron chi connectivity index (χ3n) is 6.59. The van der Waals surface area contributed by atoms with Crippen molar-refractivity contribution >= 4 is 23.6 Å². The van der Waals surface area contributed by atoms with Gasteiger partial charge in [-0.3, -0.25) is 9.59 Å². The van der Waals surface area contributed by atoms with E-state index in [0.717, 1.165) is 55.6 Å². The highest BCUT2D eigenvalue weighted by Crippen LogP contribution is 2.26. The zero-order valence-corrected chi connectivity index (χ0v) is 21.5. The second-order valence-corrected chi connectivity index (χ2v) is 10.6. The van der Waals surface area contributed by atoms with Crippen LogP contribution in [0.4, 0.5) is 0 Å². The molecule has 4 rings (SSSR count). The van der Waals surface area contributed by atoms with Crippen molar-refractivity contribution in [3.05, 3.63) is 53.2 Å². The molecule has 1 aromatic heterocycles. The predicted molar refractivity (Wildman–Crippen MR) is 140 cm³/mol. The van der Waals surface area contributed by atoms with Crippen LogP contribution in [-0.2, 0) is 0 Å². The summed E-state index contributed by atoms with van der Waals surface area (Å²) in [7, 11) is 0. The average Bonchev–Trinajstić information content (AvgIpc) is 2.90. The number of hydrogen-bond acceptors (Lipinski definition) is 7. The van der Waals surface area contributed by atoms with Crippen molar-refractivity contribution in [2.24, 2.45) is 0 Å². The number of benzene rings is 1. The number of hydrogen-bond donors (Lipinski definition) is 3. The topological polar surface area (TPSA) is 110 Å². The van der Waals surface area contributed by atoms with Crippen LogP contribution < -0.4 is 20.1 Å². The van der Waals surface area contributed by atoms with Crippen LogP contribution in [0.25, 0.3) is 0 Å². The molecule has 1 saturated heterocycles. The summed E-state index contributed by atoms with van der Waals surface area (Å²) in [6, 6.07) is 9.02. The van der Waals surface area contributed by atoms with Crippen LogP contribution in [0.2, 0.25) is 0 Å². The SMILES string of the molecule is Cc1ccc(OCCO)c(C(=O)NC2CCC(NC(=O)c3cccnc3OC3CCSCC3)CC2)c1. The first-order valence-electron chi connectivity index (χ1n) is 12.7. The molecule has 9 heteroatoms. The molecule has 1 aliphatic heterocycles. The molecule has 2 fully saturated rings. The Bertz CT molecular complexity index is 1040. The lowest BCUT2D eigenvalue weighted by Gasteiger charge is -2.30. The summed E-state index contributed by atoms with van der Waals surface area (Å²) >= 11 is 1.93. The number of rotatable bonds is 9. The van der Waals surface area contributed by atoms with Crippen LogP contribution >= 0.6 is 11.8 Å². The molecule has 36 heavy (non-hydrogen) atoms. The third-order valence-corrected chi connectivity index (χ3v) is 7.64. The van der Waals surface area contributed by atoms with Crippen molar-refractivity contribution in [2.75, 3.05) is 24.7 Å². The summed E-state index contributed by atoms with van der Waals surface area (Å²) in [5, 5.41) is 15.3. The molecule has 2 aromatic rings. The Morgan fingerprint density at radius 2 is 1.67 bits per heavy atom. The molecule has 0 unspecified atom stereocenters. The molecule has 1 saturated carbocycles. The minimum Gasteiger partial charge on any atom is -0.490 e. The number of aliphatic hydroxyl groups excluding tert-OH is 1. The Kier molecular flexibility index (Phi) is 9.47. The van der Waals surface area contributed by atoms with Crippen LogP contribution in [0.3, 0.4) is 0 Å². The monoisotopic (exact) mass is 513 g/mol. The largest absolute Gasteiger partial charge is 0.490 e. The molecular weight excluding hydrogens is 478 g/mol. The van der Waals surface area contributed by atoms with E-state index in [9.17, 15) is 9.59 Å². The van der Waals surface area contributed by atoms with Gasteiger partial charge in [0.05, 0.1) is 12.2 Å². The second kappa shape index (κ2) is 13.0. The van der Waals surface area contributed by atoms with E-state index in [1.54, 1.807) is 30.5 Å². The van der Waals surface area contributed by atoms with Gasteiger partial charge >= 0.3 is 0 Å². The number of carbonyl (C=O) groups is 2. The van der Waals surface area contributed by atoms with Crippen molar-refractivity contribution in [1.82, 2.24) is 15.6 Å². The zero-order valence-electron chi connectivity index (χ0n) is 20.7. The maximum absolute atomic E-state index is 13.0. The first-order valence-corrected chi connectivity index (χ1v) is 13.8. The summed E-state index contributed by atoms with van der Waals surface area (Å²) in [5.74, 6) is 2.66. The summed E-state index contributed by atoms with van der Waals surface area (Å²) in [6.07, 6.45) is 6.78. The molecule has 8 nitrogen and oxygen atoms in total. The van der Waals surface area contributed by atoms with Gasteiger partial charge in [0, 0.05) is 18.3 Å². The molecule has 194 valence electrons. The van der Waals surface area contributed by atoms with Gasteiger partial charge in [0.25, 0.3) is 11.8 Å². The molecular formula is C27H35N3O5S. The highest BCUT2D eigenvalue weighted by molar-refractivity contribution is 7.99. The number of ether oxygens (including phenoxy) is 2. The molecule has 2 heterocycles. The fourth-order valence-corrected chi connectivity index (χ4v) is 5.68. The van der Waals surface area contributed by atoms with Crippen LogP contribution in [0.1, 0.15) is 64.8 Å². The normalized spacial score (nSPS) is 20.4. The van der Waals surface area contributed by atoms with Gasteiger partial charge in [-0.2, -0.15) is 11.8 Å². The molecule has 0 spiro atoms. The maximum Gasteiger partial charge on any atom is 0.256 e. The van der Waals surface area contributed by atoms with Gasteiger partial charge in [-0.25, -0.2) is 4.98 Å². The number of pyridine rings is 1. The number of aliphatic hydroxyl groups is 1. The number of nitrogens with zero attached hydrogens (tertiary/aromatic N) is 1. The quantitative estimate of drug-likeness (QED) is 0.471. The molecule has 0 atom stereocenters. The smallest absolute Gasteiger partial charge is 0.256 e. The summed E-state index contributed by atoms with van der Waals surface area (Å²) < 4.78 is 11.6. The van der Waals surface area contributed by atoms with Crippen molar-refractivity contribution in [3.63, 3.8) is 0 Å². The molecule has 2 aliphatic rings. The van der Waals surface area contributed by atoms with E-state index >= 15 is 0 Å². The third kappa shape index (κ3) is 7.13. The fourth-order valence-electron chi connectivity index (χ4n) is 4.62. The van der Waals surface area contributed by atoms with Gasteiger partial charge < -0.3 is 25.2 Å². The van der Waals surface area contributed by atoms with Gasteiger partial charge in [0.15, 0.2) is 0 Å². The summed E-state index contributed by atoms with van der Waals surface area (Å²) in [5.41, 5.74) is 1.91. The Morgan fingerprint density at radius 3 is 2.33 bits per heavy atom. The van der Waals surface area contributed by atoms with Crippen molar-refractivity contribution < 1.29 is 24.2 Å². The van der Waals surface area contributed by atoms with Crippen LogP contribution in [0, 0.1) is 6.92 Å². The Balaban J connectivity index is 1.29. The molecule has 0 radical (unpaired) electrons. The molecule has 3 N–H and O–H groups in total. The van der Waals surface area contributed by atoms with E-state index in [0.29, 0.717) is 22.8 Å². The Hall–Kier alpha value is -2.78. The Morgan fingerprint density at radius 1 is 1.00 bits per heavy atom. The number of amides is 2. The number of aryl methyl sites for hydroxylation is 1. The van der Waals surface area contributed by atoms with Gasteiger partial charge in [0.1, 0.15) is 24.0 Å². The van der Waals surface area contributed by atoms with E-state index in [1.165, 1.54) is 0 Å². The summed E-state index contributed by atoms with van der Waals surface area (Å²) in [6.45, 7) is 1.95. The minimum absolute atomic E-state index is 0.0262. The first kappa shape index (κ1) is 26.3. The van der Waals surface area contributed by atoms with Crippen molar-refractivity contribution in [2.45, 2.75) is 63.6 Å². The molecule has 1 aliphatic carbocycles. The van der Waals surface area contributed by atoms with E-state index in [2.05, 4.69) is 15.6 Å². The lowest BCUT2D eigenvalue weighted by atomic mass is 9.90. The predicted octanol–water partition coefficient (Wildman–Crippen LogP) is 3.51. The van der Waals surface area contributed by atoms with Gasteiger partial charge in [-0.15, -0.1) is 0 Å². The number of nitrogens with one attached hydrogen (secondary N) is 2. The first-order chi connectivity index (χ1) is 17.5. The van der Waals surface area contributed by atoms with Gasteiger partial charge in [0.2, 0.25) is 5.88 Å². The highest BCUT2D eigenvalue weighted by atomic mass is 32.2.